The molecule has 0 amide bonds. The van der Waals surface area contributed by atoms with Crippen LogP contribution in [0.25, 0.3) is 0 Å². The number of hydrogen-bond donors (Lipinski definition) is 1. The summed E-state index contributed by atoms with van der Waals surface area (Å²) < 4.78 is 10.9. The Labute approximate surface area is 172 Å². The van der Waals surface area contributed by atoms with Gasteiger partial charge >= 0.3 is 0 Å². The van der Waals surface area contributed by atoms with E-state index in [1.165, 1.54) is 0 Å². The summed E-state index contributed by atoms with van der Waals surface area (Å²) in [5, 5.41) is 4.07. The van der Waals surface area contributed by atoms with Crippen LogP contribution in [-0.2, 0) is 11.3 Å². The molecule has 1 saturated heterocycles. The van der Waals surface area contributed by atoms with Crippen LogP contribution in [0.5, 0.6) is 5.75 Å². The molecule has 7 heteroatoms. The molecule has 0 aliphatic carbocycles. The van der Waals surface area contributed by atoms with Crippen molar-refractivity contribution in [2.75, 3.05) is 51.3 Å². The summed E-state index contributed by atoms with van der Waals surface area (Å²) in [5.41, 5.74) is 2.09. The fourth-order valence-electron chi connectivity index (χ4n) is 3.06. The summed E-state index contributed by atoms with van der Waals surface area (Å²) in [6, 6.07) is 11.9. The maximum Gasteiger partial charge on any atom is 0.173 e. The largest absolute Gasteiger partial charge is 0.494 e. The maximum atomic E-state index is 5.73. The normalized spacial score (nSPS) is 14.5. The van der Waals surface area contributed by atoms with Crippen LogP contribution in [0, 0.1) is 0 Å². The fraction of sp³-hybridized carbons (Fsp3) is 0.429. The minimum absolute atomic E-state index is 0.658. The molecular weight excluding hydrogens is 372 g/mol. The lowest BCUT2D eigenvalue weighted by molar-refractivity contribution is 0.0358. The Kier molecular flexibility index (Phi) is 8.02. The van der Waals surface area contributed by atoms with Crippen LogP contribution in [0.15, 0.2) is 48.8 Å². The van der Waals surface area contributed by atoms with E-state index in [9.17, 15) is 0 Å². The lowest BCUT2D eigenvalue weighted by Crippen LogP contribution is -2.43. The smallest absolute Gasteiger partial charge is 0.173 e. The number of nitrogens with zero attached hydrogens (tertiary/aromatic N) is 3. The molecule has 1 N–H and O–H groups in total. The molecule has 1 aromatic carbocycles. The molecule has 150 valence electrons. The van der Waals surface area contributed by atoms with E-state index in [0.29, 0.717) is 11.7 Å². The Balaban J connectivity index is 1.62. The second kappa shape index (κ2) is 10.9. The average molecular weight is 401 g/mol. The Morgan fingerprint density at radius 1 is 1.25 bits per heavy atom. The molecule has 28 heavy (non-hydrogen) atoms. The van der Waals surface area contributed by atoms with E-state index in [1.54, 1.807) is 6.20 Å². The van der Waals surface area contributed by atoms with Gasteiger partial charge in [-0.05, 0) is 55.0 Å². The molecule has 2 heterocycles. The molecule has 1 fully saturated rings. The summed E-state index contributed by atoms with van der Waals surface area (Å²) in [7, 11) is 0. The van der Waals surface area contributed by atoms with E-state index in [0.717, 1.165) is 62.9 Å². The molecule has 0 atom stereocenters. The summed E-state index contributed by atoms with van der Waals surface area (Å²) in [6.45, 7) is 8.71. The lowest BCUT2D eigenvalue weighted by atomic mass is 10.2. The van der Waals surface area contributed by atoms with Gasteiger partial charge in [-0.3, -0.25) is 9.88 Å². The van der Waals surface area contributed by atoms with Crippen molar-refractivity contribution in [1.29, 1.82) is 0 Å². The number of ether oxygens (including phenoxy) is 2. The van der Waals surface area contributed by atoms with Crippen molar-refractivity contribution in [3.63, 3.8) is 0 Å². The third-order valence-corrected chi connectivity index (χ3v) is 4.95. The third kappa shape index (κ3) is 6.44. The van der Waals surface area contributed by atoms with Gasteiger partial charge in [-0.25, -0.2) is 0 Å². The van der Waals surface area contributed by atoms with Gasteiger partial charge in [0, 0.05) is 50.8 Å². The fourth-order valence-corrected chi connectivity index (χ4v) is 3.33. The molecule has 3 rings (SSSR count). The minimum atomic E-state index is 0.658. The highest BCUT2D eigenvalue weighted by Crippen LogP contribution is 2.16. The van der Waals surface area contributed by atoms with E-state index in [2.05, 4.69) is 26.2 Å². The lowest BCUT2D eigenvalue weighted by Gasteiger charge is -2.31. The zero-order valence-electron chi connectivity index (χ0n) is 16.3. The number of thiocarbonyl (C=S) groups is 1. The van der Waals surface area contributed by atoms with Crippen molar-refractivity contribution in [2.45, 2.75) is 13.5 Å². The van der Waals surface area contributed by atoms with Gasteiger partial charge in [0.2, 0.25) is 0 Å². The van der Waals surface area contributed by atoms with Crippen LogP contribution in [-0.4, -0.2) is 65.9 Å². The van der Waals surface area contributed by atoms with Crippen LogP contribution < -0.4 is 10.1 Å². The van der Waals surface area contributed by atoms with Crippen molar-refractivity contribution < 1.29 is 9.47 Å². The van der Waals surface area contributed by atoms with Crippen molar-refractivity contribution in [1.82, 2.24) is 14.8 Å². The van der Waals surface area contributed by atoms with Gasteiger partial charge in [0.05, 0.1) is 19.8 Å². The van der Waals surface area contributed by atoms with Gasteiger partial charge in [-0.1, -0.05) is 6.07 Å². The Morgan fingerprint density at radius 3 is 2.71 bits per heavy atom. The minimum Gasteiger partial charge on any atom is -0.494 e. The van der Waals surface area contributed by atoms with Gasteiger partial charge in [-0.2, -0.15) is 0 Å². The topological polar surface area (TPSA) is 49.9 Å². The first-order valence-electron chi connectivity index (χ1n) is 9.72. The molecule has 0 radical (unpaired) electrons. The van der Waals surface area contributed by atoms with Crippen molar-refractivity contribution in [2.24, 2.45) is 0 Å². The number of anilines is 1. The zero-order valence-corrected chi connectivity index (χ0v) is 17.2. The van der Waals surface area contributed by atoms with Gasteiger partial charge < -0.3 is 19.7 Å². The van der Waals surface area contributed by atoms with Crippen molar-refractivity contribution >= 4 is 23.0 Å². The Morgan fingerprint density at radius 2 is 2.04 bits per heavy atom. The van der Waals surface area contributed by atoms with E-state index >= 15 is 0 Å². The average Bonchev–Trinajstić information content (AvgIpc) is 2.74. The summed E-state index contributed by atoms with van der Waals surface area (Å²) in [4.78, 5) is 8.84. The van der Waals surface area contributed by atoms with E-state index in [4.69, 9.17) is 21.7 Å². The number of benzene rings is 1. The molecule has 1 aliphatic rings. The Bertz CT molecular complexity index is 721. The van der Waals surface area contributed by atoms with Gasteiger partial charge in [0.15, 0.2) is 5.11 Å². The molecule has 6 nitrogen and oxygen atoms in total. The van der Waals surface area contributed by atoms with Crippen molar-refractivity contribution in [3.05, 3.63) is 54.4 Å². The SMILES string of the molecule is CCOc1ccc(NC(=S)N(CCN2CCOCC2)Cc2cccnc2)cc1. The number of aromatic nitrogens is 1. The molecule has 0 unspecified atom stereocenters. The van der Waals surface area contributed by atoms with Crippen LogP contribution >= 0.6 is 12.2 Å². The van der Waals surface area contributed by atoms with E-state index in [-0.39, 0.29) is 0 Å². The maximum absolute atomic E-state index is 5.73. The summed E-state index contributed by atoms with van der Waals surface area (Å²) in [6.07, 6.45) is 3.68. The number of pyridine rings is 1. The van der Waals surface area contributed by atoms with E-state index in [1.807, 2.05) is 43.5 Å². The monoisotopic (exact) mass is 400 g/mol. The highest BCUT2D eigenvalue weighted by Gasteiger charge is 2.15. The predicted octanol–water partition coefficient (Wildman–Crippen LogP) is 3.01. The van der Waals surface area contributed by atoms with Crippen LogP contribution in [0.3, 0.4) is 0 Å². The first-order valence-corrected chi connectivity index (χ1v) is 10.1. The number of nitrogens with one attached hydrogen (secondary N) is 1. The summed E-state index contributed by atoms with van der Waals surface area (Å²) >= 11 is 5.73. The highest BCUT2D eigenvalue weighted by molar-refractivity contribution is 7.80. The van der Waals surface area contributed by atoms with Gasteiger partial charge in [0.25, 0.3) is 0 Å². The van der Waals surface area contributed by atoms with E-state index < -0.39 is 0 Å². The summed E-state index contributed by atoms with van der Waals surface area (Å²) in [5.74, 6) is 0.860. The second-order valence-electron chi connectivity index (χ2n) is 6.62. The van der Waals surface area contributed by atoms with Crippen LogP contribution in [0.1, 0.15) is 12.5 Å². The Hall–Kier alpha value is -2.22. The second-order valence-corrected chi connectivity index (χ2v) is 7.01. The molecule has 0 spiro atoms. The van der Waals surface area contributed by atoms with Crippen LogP contribution in [0.4, 0.5) is 5.69 Å². The molecule has 0 saturated carbocycles. The molecule has 1 aromatic heterocycles. The highest BCUT2D eigenvalue weighted by atomic mass is 32.1. The molecule has 0 bridgehead atoms. The molecule has 1 aliphatic heterocycles. The number of hydrogen-bond acceptors (Lipinski definition) is 5. The first-order chi connectivity index (χ1) is 13.7. The third-order valence-electron chi connectivity index (χ3n) is 4.59. The van der Waals surface area contributed by atoms with Crippen molar-refractivity contribution in [3.8, 4) is 5.75 Å². The standard InChI is InChI=1S/C21H28N4O2S/c1-2-27-20-7-5-19(6-8-20)23-21(28)25(17-18-4-3-9-22-16-18)11-10-24-12-14-26-15-13-24/h3-9,16H,2,10-15,17H2,1H3,(H,23,28). The predicted molar refractivity (Wildman–Crippen MR) is 116 cm³/mol. The van der Waals surface area contributed by atoms with Gasteiger partial charge in [-0.15, -0.1) is 0 Å². The quantitative estimate of drug-likeness (QED) is 0.684. The zero-order chi connectivity index (χ0) is 19.6. The molecule has 2 aromatic rings. The number of morpholine rings is 1. The first kappa shape index (κ1) is 20.5. The van der Waals surface area contributed by atoms with Crippen LogP contribution in [0.2, 0.25) is 0 Å². The van der Waals surface area contributed by atoms with Gasteiger partial charge in [0.1, 0.15) is 5.75 Å². The number of rotatable bonds is 8. The molecular formula is C21H28N4O2S.